The molecule has 5 heteroatoms. The number of carbonyl (C=O) groups is 1. The van der Waals surface area contributed by atoms with E-state index >= 15 is 0 Å². The molecule has 1 aliphatic heterocycles. The zero-order chi connectivity index (χ0) is 15.7. The molecule has 1 rings (SSSR count). The summed E-state index contributed by atoms with van der Waals surface area (Å²) in [6.45, 7) is 6.98. The SMILES string of the molecule is CCC[C@H](NOC1CCCCO1)C(CC(C)CC)C(=O)O. The third-order valence-corrected chi connectivity index (χ3v) is 4.24. The van der Waals surface area contributed by atoms with Crippen molar-refractivity contribution in [2.45, 2.75) is 78.0 Å². The number of ether oxygens (including phenoxy) is 1. The van der Waals surface area contributed by atoms with E-state index in [1.54, 1.807) is 0 Å². The lowest BCUT2D eigenvalue weighted by molar-refractivity contribution is -0.208. The number of carboxylic acids is 1. The molecule has 2 N–H and O–H groups in total. The fraction of sp³-hybridized carbons (Fsp3) is 0.938. The van der Waals surface area contributed by atoms with Gasteiger partial charge in [-0.05, 0) is 31.6 Å². The van der Waals surface area contributed by atoms with E-state index in [0.29, 0.717) is 12.3 Å². The lowest BCUT2D eigenvalue weighted by Gasteiger charge is -2.29. The molecule has 0 spiro atoms. The van der Waals surface area contributed by atoms with Crippen molar-refractivity contribution in [3.8, 4) is 0 Å². The van der Waals surface area contributed by atoms with Crippen LogP contribution < -0.4 is 5.48 Å². The van der Waals surface area contributed by atoms with Gasteiger partial charge >= 0.3 is 5.97 Å². The van der Waals surface area contributed by atoms with E-state index < -0.39 is 11.9 Å². The molecule has 0 radical (unpaired) electrons. The van der Waals surface area contributed by atoms with Crippen LogP contribution >= 0.6 is 0 Å². The Morgan fingerprint density at radius 3 is 2.71 bits per heavy atom. The van der Waals surface area contributed by atoms with Crippen molar-refractivity contribution in [3.63, 3.8) is 0 Å². The summed E-state index contributed by atoms with van der Waals surface area (Å²) in [7, 11) is 0. The third-order valence-electron chi connectivity index (χ3n) is 4.24. The number of aliphatic carboxylic acids is 1. The number of rotatable bonds is 10. The van der Waals surface area contributed by atoms with E-state index in [2.05, 4.69) is 26.3 Å². The second kappa shape index (κ2) is 10.1. The Bertz CT molecular complexity index is 292. The zero-order valence-electron chi connectivity index (χ0n) is 13.6. The van der Waals surface area contributed by atoms with E-state index in [-0.39, 0.29) is 12.3 Å². The third kappa shape index (κ3) is 6.76. The van der Waals surface area contributed by atoms with Crippen molar-refractivity contribution in [2.75, 3.05) is 6.61 Å². The standard InChI is InChI=1S/C16H31NO4/c1-4-8-14(13(16(18)19)11-12(3)5-2)17-21-15-9-6-7-10-20-15/h12-15,17H,4-11H2,1-3H3,(H,18,19)/t12?,13?,14-,15?/m0/s1. The molecule has 1 fully saturated rings. The minimum absolute atomic E-state index is 0.160. The van der Waals surface area contributed by atoms with Crippen LogP contribution in [0.1, 0.15) is 65.7 Å². The summed E-state index contributed by atoms with van der Waals surface area (Å²) < 4.78 is 5.52. The molecule has 5 nitrogen and oxygen atoms in total. The fourth-order valence-electron chi connectivity index (χ4n) is 2.66. The number of carboxylic acid groups (broad SMARTS) is 1. The highest BCUT2D eigenvalue weighted by Gasteiger charge is 2.30. The minimum Gasteiger partial charge on any atom is -0.481 e. The van der Waals surface area contributed by atoms with Crippen LogP contribution in [0.5, 0.6) is 0 Å². The zero-order valence-corrected chi connectivity index (χ0v) is 13.6. The number of hydroxylamine groups is 1. The van der Waals surface area contributed by atoms with Crippen LogP contribution in [0.4, 0.5) is 0 Å². The molecular formula is C16H31NO4. The fourth-order valence-corrected chi connectivity index (χ4v) is 2.66. The van der Waals surface area contributed by atoms with Crippen LogP contribution in [0.25, 0.3) is 0 Å². The largest absolute Gasteiger partial charge is 0.481 e. The summed E-state index contributed by atoms with van der Waals surface area (Å²) in [5.74, 6) is -0.754. The van der Waals surface area contributed by atoms with E-state index in [0.717, 1.165) is 45.1 Å². The van der Waals surface area contributed by atoms with E-state index in [4.69, 9.17) is 9.57 Å². The van der Waals surface area contributed by atoms with E-state index in [1.807, 2.05) is 0 Å². The molecule has 1 heterocycles. The number of hydrogen-bond acceptors (Lipinski definition) is 4. The van der Waals surface area contributed by atoms with Gasteiger partial charge in [0.2, 0.25) is 0 Å². The lowest BCUT2D eigenvalue weighted by Crippen LogP contribution is -2.43. The molecule has 0 aromatic rings. The highest BCUT2D eigenvalue weighted by atomic mass is 16.8. The van der Waals surface area contributed by atoms with Gasteiger partial charge in [0.1, 0.15) is 0 Å². The first-order chi connectivity index (χ1) is 10.1. The van der Waals surface area contributed by atoms with E-state index in [1.165, 1.54) is 0 Å². The van der Waals surface area contributed by atoms with Gasteiger partial charge < -0.3 is 9.84 Å². The second-order valence-electron chi connectivity index (χ2n) is 6.12. The first-order valence-corrected chi connectivity index (χ1v) is 8.34. The molecule has 0 amide bonds. The van der Waals surface area contributed by atoms with Crippen LogP contribution in [0.15, 0.2) is 0 Å². The van der Waals surface area contributed by atoms with Crippen molar-refractivity contribution in [3.05, 3.63) is 0 Å². The van der Waals surface area contributed by atoms with Crippen LogP contribution in [-0.4, -0.2) is 30.0 Å². The average Bonchev–Trinajstić information content (AvgIpc) is 2.49. The minimum atomic E-state index is -0.741. The van der Waals surface area contributed by atoms with Crippen molar-refractivity contribution < 1.29 is 19.5 Å². The summed E-state index contributed by atoms with van der Waals surface area (Å²) in [6, 6.07) is -0.160. The van der Waals surface area contributed by atoms with E-state index in [9.17, 15) is 9.90 Å². The molecule has 3 unspecified atom stereocenters. The summed E-state index contributed by atoms with van der Waals surface area (Å²) in [6.07, 6.45) is 6.19. The molecule has 124 valence electrons. The summed E-state index contributed by atoms with van der Waals surface area (Å²) in [5.41, 5.74) is 3.00. The molecule has 0 aromatic heterocycles. The maximum atomic E-state index is 11.6. The van der Waals surface area contributed by atoms with Gasteiger partial charge in [-0.2, -0.15) is 5.48 Å². The molecule has 0 saturated carbocycles. The quantitative estimate of drug-likeness (QED) is 0.606. The van der Waals surface area contributed by atoms with Gasteiger partial charge in [0, 0.05) is 19.1 Å². The predicted octanol–water partition coefficient (Wildman–Crippen LogP) is 3.34. The molecule has 1 saturated heterocycles. The van der Waals surface area contributed by atoms with Gasteiger partial charge in [-0.15, -0.1) is 0 Å². The normalized spacial score (nSPS) is 23.5. The Morgan fingerprint density at radius 1 is 1.43 bits per heavy atom. The highest BCUT2D eigenvalue weighted by Crippen LogP contribution is 2.22. The first kappa shape index (κ1) is 18.4. The Balaban J connectivity index is 2.55. The Kier molecular flexibility index (Phi) is 8.88. The van der Waals surface area contributed by atoms with Crippen LogP contribution in [-0.2, 0) is 14.4 Å². The predicted molar refractivity (Wildman–Crippen MR) is 81.7 cm³/mol. The van der Waals surface area contributed by atoms with Crippen molar-refractivity contribution in [2.24, 2.45) is 11.8 Å². The Labute approximate surface area is 128 Å². The molecule has 0 bridgehead atoms. The maximum absolute atomic E-state index is 11.6. The molecule has 1 aliphatic rings. The smallest absolute Gasteiger partial charge is 0.308 e. The van der Waals surface area contributed by atoms with Crippen molar-refractivity contribution in [1.29, 1.82) is 0 Å². The summed E-state index contributed by atoms with van der Waals surface area (Å²) >= 11 is 0. The molecule has 0 aliphatic carbocycles. The van der Waals surface area contributed by atoms with Crippen LogP contribution in [0, 0.1) is 11.8 Å². The Morgan fingerprint density at radius 2 is 2.19 bits per heavy atom. The molecule has 4 atom stereocenters. The van der Waals surface area contributed by atoms with Gasteiger partial charge in [0.05, 0.1) is 5.92 Å². The molecular weight excluding hydrogens is 270 g/mol. The van der Waals surface area contributed by atoms with Crippen molar-refractivity contribution >= 4 is 5.97 Å². The van der Waals surface area contributed by atoms with Crippen LogP contribution in [0.2, 0.25) is 0 Å². The summed E-state index contributed by atoms with van der Waals surface area (Å²) in [4.78, 5) is 17.2. The number of hydrogen-bond donors (Lipinski definition) is 2. The van der Waals surface area contributed by atoms with Gasteiger partial charge in [-0.1, -0.05) is 33.6 Å². The molecule has 0 aromatic carbocycles. The van der Waals surface area contributed by atoms with Gasteiger partial charge in [0.25, 0.3) is 0 Å². The van der Waals surface area contributed by atoms with Gasteiger partial charge in [0.15, 0.2) is 6.29 Å². The van der Waals surface area contributed by atoms with Crippen LogP contribution in [0.3, 0.4) is 0 Å². The van der Waals surface area contributed by atoms with Crippen molar-refractivity contribution in [1.82, 2.24) is 5.48 Å². The summed E-state index contributed by atoms with van der Waals surface area (Å²) in [5, 5.41) is 9.52. The molecule has 21 heavy (non-hydrogen) atoms. The maximum Gasteiger partial charge on any atom is 0.308 e. The Hall–Kier alpha value is -0.650. The van der Waals surface area contributed by atoms with Gasteiger partial charge in [-0.3, -0.25) is 9.63 Å². The monoisotopic (exact) mass is 301 g/mol. The topological polar surface area (TPSA) is 67.8 Å². The lowest BCUT2D eigenvalue weighted by atomic mass is 9.87. The average molecular weight is 301 g/mol. The van der Waals surface area contributed by atoms with Gasteiger partial charge in [-0.25, -0.2) is 0 Å². The second-order valence-corrected chi connectivity index (χ2v) is 6.12. The first-order valence-electron chi connectivity index (χ1n) is 8.34. The highest BCUT2D eigenvalue weighted by molar-refractivity contribution is 5.70. The number of nitrogens with one attached hydrogen (secondary N) is 1.